The quantitative estimate of drug-likeness (QED) is 0.704. The van der Waals surface area contributed by atoms with E-state index in [9.17, 15) is 0 Å². The number of rotatable bonds is 2. The van der Waals surface area contributed by atoms with Gasteiger partial charge in [0.15, 0.2) is 0 Å². The second-order valence-electron chi connectivity index (χ2n) is 2.17. The summed E-state index contributed by atoms with van der Waals surface area (Å²) in [6, 6.07) is 0. The molecule has 0 radical (unpaired) electrons. The topological polar surface area (TPSA) is 38.9 Å². The second-order valence-corrected chi connectivity index (χ2v) is 3.46. The summed E-state index contributed by atoms with van der Waals surface area (Å²) in [4.78, 5) is 5.65. The van der Waals surface area contributed by atoms with E-state index in [1.54, 1.807) is 11.3 Å². The summed E-state index contributed by atoms with van der Waals surface area (Å²) >= 11 is 1.70. The highest BCUT2D eigenvalue weighted by Gasteiger charge is 2.02. The van der Waals surface area contributed by atoms with Crippen molar-refractivity contribution in [2.45, 2.75) is 26.8 Å². The molecule has 1 aromatic rings. The summed E-state index contributed by atoms with van der Waals surface area (Å²) in [5.41, 5.74) is 6.63. The van der Waals surface area contributed by atoms with Crippen LogP contribution in [0, 0.1) is 6.92 Å². The maximum Gasteiger partial charge on any atom is 0.107 e. The van der Waals surface area contributed by atoms with Gasteiger partial charge >= 0.3 is 0 Å². The SMILES string of the molecule is CCc1nc(CN)sc1C. The monoisotopic (exact) mass is 156 g/mol. The molecule has 2 N–H and O–H groups in total. The van der Waals surface area contributed by atoms with Crippen LogP contribution in [0.25, 0.3) is 0 Å². The van der Waals surface area contributed by atoms with Crippen LogP contribution in [0.15, 0.2) is 0 Å². The summed E-state index contributed by atoms with van der Waals surface area (Å²) in [7, 11) is 0. The molecule has 0 aliphatic carbocycles. The molecule has 10 heavy (non-hydrogen) atoms. The molecule has 1 rings (SSSR count). The molecule has 1 heterocycles. The highest BCUT2D eigenvalue weighted by molar-refractivity contribution is 7.11. The average molecular weight is 156 g/mol. The molecule has 0 saturated heterocycles. The lowest BCUT2D eigenvalue weighted by Gasteiger charge is -1.86. The first kappa shape index (κ1) is 7.69. The molecule has 0 spiro atoms. The van der Waals surface area contributed by atoms with Gasteiger partial charge in [-0.25, -0.2) is 4.98 Å². The molecule has 3 heteroatoms. The highest BCUT2D eigenvalue weighted by atomic mass is 32.1. The normalized spacial score (nSPS) is 10.3. The van der Waals surface area contributed by atoms with Crippen molar-refractivity contribution in [2.24, 2.45) is 5.73 Å². The van der Waals surface area contributed by atoms with Gasteiger partial charge in [-0.2, -0.15) is 0 Å². The van der Waals surface area contributed by atoms with Gasteiger partial charge in [0.05, 0.1) is 5.69 Å². The van der Waals surface area contributed by atoms with Crippen LogP contribution in [0.5, 0.6) is 0 Å². The summed E-state index contributed by atoms with van der Waals surface area (Å²) in [5, 5.41) is 1.05. The average Bonchev–Trinajstić information content (AvgIpc) is 2.30. The Hall–Kier alpha value is -0.410. The van der Waals surface area contributed by atoms with E-state index in [1.807, 2.05) is 0 Å². The van der Waals surface area contributed by atoms with E-state index in [4.69, 9.17) is 5.73 Å². The van der Waals surface area contributed by atoms with Crippen LogP contribution < -0.4 is 5.73 Å². The Morgan fingerprint density at radius 1 is 1.60 bits per heavy atom. The van der Waals surface area contributed by atoms with Gasteiger partial charge in [0.1, 0.15) is 5.01 Å². The van der Waals surface area contributed by atoms with Crippen molar-refractivity contribution >= 4 is 11.3 Å². The zero-order chi connectivity index (χ0) is 7.56. The number of aromatic nitrogens is 1. The molecule has 0 amide bonds. The molecule has 0 saturated carbocycles. The molecule has 0 aliphatic rings. The first-order valence-electron chi connectivity index (χ1n) is 3.43. The van der Waals surface area contributed by atoms with E-state index in [0.29, 0.717) is 6.54 Å². The Morgan fingerprint density at radius 2 is 2.30 bits per heavy atom. The molecule has 1 aromatic heterocycles. The number of thiazole rings is 1. The number of nitrogens with two attached hydrogens (primary N) is 1. The van der Waals surface area contributed by atoms with Gasteiger partial charge in [-0.05, 0) is 13.3 Å². The predicted octanol–water partition coefficient (Wildman–Crippen LogP) is 1.47. The summed E-state index contributed by atoms with van der Waals surface area (Å²) in [5.74, 6) is 0. The third-order valence-electron chi connectivity index (χ3n) is 1.45. The van der Waals surface area contributed by atoms with Crippen LogP contribution in [-0.2, 0) is 13.0 Å². The van der Waals surface area contributed by atoms with E-state index in [2.05, 4.69) is 18.8 Å². The van der Waals surface area contributed by atoms with Gasteiger partial charge in [-0.3, -0.25) is 0 Å². The smallest absolute Gasteiger partial charge is 0.107 e. The fraction of sp³-hybridized carbons (Fsp3) is 0.571. The standard InChI is InChI=1S/C7H12N2S/c1-3-6-5(2)10-7(4-8)9-6/h3-4,8H2,1-2H3. The lowest BCUT2D eigenvalue weighted by molar-refractivity contribution is 0.973. The van der Waals surface area contributed by atoms with Gasteiger partial charge in [0.25, 0.3) is 0 Å². The van der Waals surface area contributed by atoms with Crippen LogP contribution >= 0.6 is 11.3 Å². The van der Waals surface area contributed by atoms with E-state index in [1.165, 1.54) is 10.6 Å². The van der Waals surface area contributed by atoms with Crippen LogP contribution in [0.1, 0.15) is 22.5 Å². The summed E-state index contributed by atoms with van der Waals surface area (Å²) < 4.78 is 0. The number of hydrogen-bond acceptors (Lipinski definition) is 3. The first-order chi connectivity index (χ1) is 4.77. The Balaban J connectivity index is 2.92. The van der Waals surface area contributed by atoms with Gasteiger partial charge in [-0.15, -0.1) is 11.3 Å². The fourth-order valence-corrected chi connectivity index (χ4v) is 1.80. The van der Waals surface area contributed by atoms with E-state index >= 15 is 0 Å². The van der Waals surface area contributed by atoms with Crippen molar-refractivity contribution in [3.63, 3.8) is 0 Å². The van der Waals surface area contributed by atoms with Crippen LogP contribution in [0.3, 0.4) is 0 Å². The van der Waals surface area contributed by atoms with Crippen LogP contribution in [0.2, 0.25) is 0 Å². The molecule has 0 atom stereocenters. The first-order valence-corrected chi connectivity index (χ1v) is 4.24. The predicted molar refractivity (Wildman–Crippen MR) is 44.1 cm³/mol. The zero-order valence-electron chi connectivity index (χ0n) is 6.35. The Kier molecular flexibility index (Phi) is 2.40. The van der Waals surface area contributed by atoms with Gasteiger partial charge in [0.2, 0.25) is 0 Å². The summed E-state index contributed by atoms with van der Waals surface area (Å²) in [6.07, 6.45) is 1.02. The lowest BCUT2D eigenvalue weighted by Crippen LogP contribution is -1.95. The third-order valence-corrected chi connectivity index (χ3v) is 2.48. The van der Waals surface area contributed by atoms with Crippen LogP contribution in [-0.4, -0.2) is 4.98 Å². The Labute approximate surface area is 65.1 Å². The zero-order valence-corrected chi connectivity index (χ0v) is 7.16. The molecule has 0 aliphatic heterocycles. The van der Waals surface area contributed by atoms with Gasteiger partial charge in [-0.1, -0.05) is 6.92 Å². The molecule has 2 nitrogen and oxygen atoms in total. The van der Waals surface area contributed by atoms with E-state index < -0.39 is 0 Å². The highest BCUT2D eigenvalue weighted by Crippen LogP contribution is 2.16. The minimum absolute atomic E-state index is 0.575. The maximum absolute atomic E-state index is 5.43. The van der Waals surface area contributed by atoms with Crippen molar-refractivity contribution in [3.05, 3.63) is 15.6 Å². The number of hydrogen-bond donors (Lipinski definition) is 1. The van der Waals surface area contributed by atoms with Crippen LogP contribution in [0.4, 0.5) is 0 Å². The van der Waals surface area contributed by atoms with Crippen molar-refractivity contribution < 1.29 is 0 Å². The molecule has 0 fully saturated rings. The van der Waals surface area contributed by atoms with Gasteiger partial charge in [0, 0.05) is 11.4 Å². The van der Waals surface area contributed by atoms with E-state index in [0.717, 1.165) is 11.4 Å². The Morgan fingerprint density at radius 3 is 2.60 bits per heavy atom. The van der Waals surface area contributed by atoms with E-state index in [-0.39, 0.29) is 0 Å². The fourth-order valence-electron chi connectivity index (χ4n) is 0.903. The lowest BCUT2D eigenvalue weighted by atomic mass is 10.3. The van der Waals surface area contributed by atoms with Crippen molar-refractivity contribution in [1.29, 1.82) is 0 Å². The minimum atomic E-state index is 0.575. The number of nitrogens with zero attached hydrogens (tertiary/aromatic N) is 1. The Bertz CT molecular complexity index is 217. The molecular formula is C7H12N2S. The third kappa shape index (κ3) is 1.36. The minimum Gasteiger partial charge on any atom is -0.325 e. The molecule has 0 aromatic carbocycles. The largest absolute Gasteiger partial charge is 0.325 e. The maximum atomic E-state index is 5.43. The molecule has 56 valence electrons. The van der Waals surface area contributed by atoms with Gasteiger partial charge < -0.3 is 5.73 Å². The molecule has 0 unspecified atom stereocenters. The second kappa shape index (κ2) is 3.12. The summed E-state index contributed by atoms with van der Waals surface area (Å²) in [6.45, 7) is 4.78. The molecular weight excluding hydrogens is 144 g/mol. The molecule has 0 bridgehead atoms. The van der Waals surface area contributed by atoms with Crippen molar-refractivity contribution in [2.75, 3.05) is 0 Å². The van der Waals surface area contributed by atoms with Crippen molar-refractivity contribution in [1.82, 2.24) is 4.98 Å². The van der Waals surface area contributed by atoms with Crippen molar-refractivity contribution in [3.8, 4) is 0 Å². The number of aryl methyl sites for hydroxylation is 2.